The summed E-state index contributed by atoms with van der Waals surface area (Å²) in [5.41, 5.74) is 0.679. The van der Waals surface area contributed by atoms with E-state index in [9.17, 15) is 4.79 Å². The molecular weight excluding hydrogens is 216 g/mol. The second kappa shape index (κ2) is 4.87. The molecule has 1 aliphatic heterocycles. The highest BCUT2D eigenvalue weighted by atomic mass is 16.2. The molecule has 1 fully saturated rings. The van der Waals surface area contributed by atoms with Crippen LogP contribution in [0.3, 0.4) is 0 Å². The van der Waals surface area contributed by atoms with Crippen molar-refractivity contribution in [1.82, 2.24) is 15.5 Å². The molecule has 1 aromatic rings. The number of hydrogen-bond acceptors (Lipinski definition) is 3. The first kappa shape index (κ1) is 12.1. The topological polar surface area (TPSA) is 69.8 Å². The maximum absolute atomic E-state index is 12.3. The van der Waals surface area contributed by atoms with Crippen LogP contribution in [0.1, 0.15) is 31.9 Å². The van der Waals surface area contributed by atoms with Crippen molar-refractivity contribution in [2.45, 2.75) is 33.1 Å². The Labute approximate surface area is 101 Å². The Morgan fingerprint density at radius 2 is 2.47 bits per heavy atom. The van der Waals surface area contributed by atoms with E-state index in [-0.39, 0.29) is 11.3 Å². The number of nitrogens with one attached hydrogen (secondary N) is 3. The van der Waals surface area contributed by atoms with Gasteiger partial charge in [0.1, 0.15) is 0 Å². The normalized spacial score (nSPS) is 24.6. The summed E-state index contributed by atoms with van der Waals surface area (Å²) in [6.07, 6.45) is 2.86. The Hall–Kier alpha value is -1.36. The van der Waals surface area contributed by atoms with Crippen LogP contribution in [-0.4, -0.2) is 29.2 Å². The Morgan fingerprint density at radius 3 is 3.00 bits per heavy atom. The maximum atomic E-state index is 12.3. The molecule has 2 rings (SSSR count). The Bertz CT molecular complexity index is 393. The van der Waals surface area contributed by atoms with Crippen molar-refractivity contribution in [1.29, 1.82) is 0 Å². The summed E-state index contributed by atoms with van der Waals surface area (Å²) in [7, 11) is 0. The molecule has 0 aromatic carbocycles. The summed E-state index contributed by atoms with van der Waals surface area (Å²) in [6, 6.07) is 1.84. The molecule has 94 valence electrons. The summed E-state index contributed by atoms with van der Waals surface area (Å²) in [5.74, 6) is 0.699. The van der Waals surface area contributed by atoms with Crippen molar-refractivity contribution in [2.75, 3.05) is 18.4 Å². The molecule has 5 nitrogen and oxygen atoms in total. The van der Waals surface area contributed by atoms with E-state index in [4.69, 9.17) is 0 Å². The van der Waals surface area contributed by atoms with Gasteiger partial charge in [-0.2, -0.15) is 5.10 Å². The molecule has 0 radical (unpaired) electrons. The van der Waals surface area contributed by atoms with Gasteiger partial charge in [-0.1, -0.05) is 6.92 Å². The minimum atomic E-state index is -0.273. The number of anilines is 1. The van der Waals surface area contributed by atoms with Gasteiger partial charge in [0, 0.05) is 18.3 Å². The summed E-state index contributed by atoms with van der Waals surface area (Å²) < 4.78 is 0. The molecule has 0 bridgehead atoms. The number of rotatable bonds is 3. The number of aromatic nitrogens is 2. The number of piperidine rings is 1. The number of aromatic amines is 1. The molecule has 1 amide bonds. The molecule has 0 spiro atoms. The number of H-pyrrole nitrogens is 1. The molecule has 5 heteroatoms. The van der Waals surface area contributed by atoms with Crippen LogP contribution in [0.25, 0.3) is 0 Å². The number of amides is 1. The summed E-state index contributed by atoms with van der Waals surface area (Å²) >= 11 is 0. The molecule has 1 aromatic heterocycles. The van der Waals surface area contributed by atoms with Gasteiger partial charge < -0.3 is 10.6 Å². The first-order chi connectivity index (χ1) is 8.16. The van der Waals surface area contributed by atoms with Crippen LogP contribution in [0.4, 0.5) is 5.82 Å². The van der Waals surface area contributed by atoms with Crippen molar-refractivity contribution in [3.63, 3.8) is 0 Å². The number of carbonyl (C=O) groups excluding carboxylic acids is 1. The van der Waals surface area contributed by atoms with Crippen LogP contribution in [0.5, 0.6) is 0 Å². The summed E-state index contributed by atoms with van der Waals surface area (Å²) in [6.45, 7) is 5.76. The van der Waals surface area contributed by atoms with Crippen LogP contribution < -0.4 is 10.6 Å². The lowest BCUT2D eigenvalue weighted by Crippen LogP contribution is -2.47. The van der Waals surface area contributed by atoms with Gasteiger partial charge in [-0.05, 0) is 32.7 Å². The van der Waals surface area contributed by atoms with E-state index < -0.39 is 0 Å². The molecule has 1 saturated heterocycles. The standard InChI is InChI=1S/C12H20N4O/c1-3-12(5-4-6-13-8-12)11(17)14-10-7-9(2)15-16-10/h7,13H,3-6,8H2,1-2H3,(H2,14,15,16,17). The molecule has 1 atom stereocenters. The van der Waals surface area contributed by atoms with E-state index in [0.29, 0.717) is 5.82 Å². The zero-order valence-electron chi connectivity index (χ0n) is 10.5. The fourth-order valence-electron chi connectivity index (χ4n) is 2.35. The van der Waals surface area contributed by atoms with Crippen LogP contribution in [-0.2, 0) is 4.79 Å². The molecule has 3 N–H and O–H groups in total. The van der Waals surface area contributed by atoms with E-state index in [0.717, 1.165) is 38.0 Å². The van der Waals surface area contributed by atoms with Crippen molar-refractivity contribution in [3.8, 4) is 0 Å². The fourth-order valence-corrected chi connectivity index (χ4v) is 2.35. The smallest absolute Gasteiger partial charge is 0.233 e. The monoisotopic (exact) mass is 236 g/mol. The molecule has 1 unspecified atom stereocenters. The fraction of sp³-hybridized carbons (Fsp3) is 0.667. The second-order valence-electron chi connectivity index (χ2n) is 4.80. The minimum absolute atomic E-state index is 0.0821. The highest BCUT2D eigenvalue weighted by Gasteiger charge is 2.37. The van der Waals surface area contributed by atoms with Crippen LogP contribution in [0.2, 0.25) is 0 Å². The molecule has 0 aliphatic carbocycles. The number of carbonyl (C=O) groups is 1. The van der Waals surface area contributed by atoms with Crippen LogP contribution in [0.15, 0.2) is 6.07 Å². The number of aryl methyl sites for hydroxylation is 1. The van der Waals surface area contributed by atoms with Crippen LogP contribution in [0, 0.1) is 12.3 Å². The number of hydrogen-bond donors (Lipinski definition) is 3. The van der Waals surface area contributed by atoms with E-state index in [2.05, 4.69) is 27.8 Å². The lowest BCUT2D eigenvalue weighted by atomic mass is 9.77. The van der Waals surface area contributed by atoms with Gasteiger partial charge in [-0.3, -0.25) is 9.89 Å². The largest absolute Gasteiger partial charge is 0.316 e. The highest BCUT2D eigenvalue weighted by molar-refractivity contribution is 5.94. The average molecular weight is 236 g/mol. The van der Waals surface area contributed by atoms with Gasteiger partial charge >= 0.3 is 0 Å². The van der Waals surface area contributed by atoms with Gasteiger partial charge in [0.2, 0.25) is 5.91 Å². The highest BCUT2D eigenvalue weighted by Crippen LogP contribution is 2.31. The van der Waals surface area contributed by atoms with Crippen molar-refractivity contribution in [2.24, 2.45) is 5.41 Å². The molecule has 0 saturated carbocycles. The van der Waals surface area contributed by atoms with E-state index >= 15 is 0 Å². The Kier molecular flexibility index (Phi) is 3.47. The predicted molar refractivity (Wildman–Crippen MR) is 66.8 cm³/mol. The third-order valence-corrected chi connectivity index (χ3v) is 3.58. The first-order valence-electron chi connectivity index (χ1n) is 6.20. The second-order valence-corrected chi connectivity index (χ2v) is 4.80. The van der Waals surface area contributed by atoms with Gasteiger partial charge in [-0.15, -0.1) is 0 Å². The Balaban J connectivity index is 2.07. The lowest BCUT2D eigenvalue weighted by molar-refractivity contribution is -0.126. The summed E-state index contributed by atoms with van der Waals surface area (Å²) in [4.78, 5) is 12.3. The zero-order chi connectivity index (χ0) is 12.3. The van der Waals surface area contributed by atoms with Crippen molar-refractivity contribution < 1.29 is 4.79 Å². The quantitative estimate of drug-likeness (QED) is 0.743. The predicted octanol–water partition coefficient (Wildman–Crippen LogP) is 1.44. The molecule has 2 heterocycles. The van der Waals surface area contributed by atoms with E-state index in [1.807, 2.05) is 13.0 Å². The van der Waals surface area contributed by atoms with E-state index in [1.165, 1.54) is 0 Å². The van der Waals surface area contributed by atoms with Crippen molar-refractivity contribution in [3.05, 3.63) is 11.8 Å². The van der Waals surface area contributed by atoms with Gasteiger partial charge in [0.05, 0.1) is 5.41 Å². The average Bonchev–Trinajstić information content (AvgIpc) is 2.75. The minimum Gasteiger partial charge on any atom is -0.316 e. The lowest BCUT2D eigenvalue weighted by Gasteiger charge is -2.35. The van der Waals surface area contributed by atoms with Crippen LogP contribution >= 0.6 is 0 Å². The molecule has 1 aliphatic rings. The number of nitrogens with zero attached hydrogens (tertiary/aromatic N) is 1. The van der Waals surface area contributed by atoms with Gasteiger partial charge in [0.25, 0.3) is 0 Å². The van der Waals surface area contributed by atoms with Crippen molar-refractivity contribution >= 4 is 11.7 Å². The molecular formula is C12H20N4O. The SMILES string of the molecule is CCC1(C(=O)Nc2cc(C)[nH]n2)CCCNC1. The third kappa shape index (κ3) is 2.49. The van der Waals surface area contributed by atoms with Gasteiger partial charge in [0.15, 0.2) is 5.82 Å². The molecule has 17 heavy (non-hydrogen) atoms. The van der Waals surface area contributed by atoms with Gasteiger partial charge in [-0.25, -0.2) is 0 Å². The maximum Gasteiger partial charge on any atom is 0.233 e. The summed E-state index contributed by atoms with van der Waals surface area (Å²) in [5, 5.41) is 13.1. The zero-order valence-corrected chi connectivity index (χ0v) is 10.5. The van der Waals surface area contributed by atoms with E-state index in [1.54, 1.807) is 0 Å². The Morgan fingerprint density at radius 1 is 1.65 bits per heavy atom. The first-order valence-corrected chi connectivity index (χ1v) is 6.20. The third-order valence-electron chi connectivity index (χ3n) is 3.58.